The number of esters is 1. The molecule has 41 heavy (non-hydrogen) atoms. The number of β-amino-alcohol motifs (C(OH)–C–C–N with tert-alkyl or cyclic N) is 1. The number of ether oxygens (including phenoxy) is 2. The summed E-state index contributed by atoms with van der Waals surface area (Å²) in [5, 5.41) is 10.8. The zero-order valence-electron chi connectivity index (χ0n) is 23.2. The Kier molecular flexibility index (Phi) is 9.84. The van der Waals surface area contributed by atoms with Crippen molar-refractivity contribution in [3.63, 3.8) is 0 Å². The molecule has 218 valence electrons. The fourth-order valence-corrected chi connectivity index (χ4v) is 7.07. The smallest absolute Gasteiger partial charge is 0.343 e. The van der Waals surface area contributed by atoms with Gasteiger partial charge in [0, 0.05) is 32.7 Å². The van der Waals surface area contributed by atoms with Crippen LogP contribution in [0.5, 0.6) is 5.75 Å². The number of morpholine rings is 1. The highest BCUT2D eigenvalue weighted by Crippen LogP contribution is 2.25. The molecule has 0 spiro atoms. The Bertz CT molecular complexity index is 1390. The molecule has 0 radical (unpaired) electrons. The lowest BCUT2D eigenvalue weighted by Gasteiger charge is -2.36. The summed E-state index contributed by atoms with van der Waals surface area (Å²) in [4.78, 5) is 17.3. The molecule has 0 saturated carbocycles. The molecule has 2 atom stereocenters. The van der Waals surface area contributed by atoms with E-state index in [4.69, 9.17) is 9.47 Å². The molecule has 2 saturated heterocycles. The van der Waals surface area contributed by atoms with Crippen LogP contribution in [0.25, 0.3) is 0 Å². The summed E-state index contributed by atoms with van der Waals surface area (Å²) in [5.74, 6) is -0.00421. The van der Waals surface area contributed by atoms with Gasteiger partial charge in [-0.05, 0) is 66.8 Å². The highest BCUT2D eigenvalue weighted by atomic mass is 32.2. The molecule has 0 aliphatic carbocycles. The first-order valence-electron chi connectivity index (χ1n) is 14.2. The Labute approximate surface area is 242 Å². The molecule has 0 amide bonds. The van der Waals surface area contributed by atoms with Crippen molar-refractivity contribution in [2.75, 3.05) is 51.7 Å². The molecule has 2 aliphatic heterocycles. The van der Waals surface area contributed by atoms with Crippen LogP contribution >= 0.6 is 0 Å². The molecule has 0 bridgehead atoms. The van der Waals surface area contributed by atoms with Crippen LogP contribution in [-0.2, 0) is 27.5 Å². The minimum absolute atomic E-state index is 0.0625. The van der Waals surface area contributed by atoms with Gasteiger partial charge in [-0.15, -0.1) is 0 Å². The fourth-order valence-electron chi connectivity index (χ4n) is 5.55. The first-order chi connectivity index (χ1) is 19.9. The normalized spacial score (nSPS) is 20.5. The van der Waals surface area contributed by atoms with Crippen molar-refractivity contribution in [2.45, 2.75) is 30.4 Å². The molecule has 2 heterocycles. The second-order valence-corrected chi connectivity index (χ2v) is 12.9. The van der Waals surface area contributed by atoms with Gasteiger partial charge in [0.2, 0.25) is 0 Å². The second-order valence-electron chi connectivity index (χ2n) is 10.8. The number of hydrogen-bond donors (Lipinski definition) is 1. The second kappa shape index (κ2) is 13.7. The van der Waals surface area contributed by atoms with Crippen molar-refractivity contribution in [2.24, 2.45) is 5.92 Å². The Morgan fingerprint density at radius 2 is 1.63 bits per heavy atom. The number of likely N-dealkylation sites (tertiary alicyclic amines) is 1. The van der Waals surface area contributed by atoms with Crippen molar-refractivity contribution in [3.8, 4) is 5.75 Å². The number of hydrogen-bond acceptors (Lipinski definition) is 8. The highest BCUT2D eigenvalue weighted by Gasteiger charge is 2.29. The van der Waals surface area contributed by atoms with Gasteiger partial charge < -0.3 is 14.6 Å². The predicted octanol–water partition coefficient (Wildman–Crippen LogP) is 3.44. The van der Waals surface area contributed by atoms with Crippen molar-refractivity contribution in [3.05, 3.63) is 95.6 Å². The maximum absolute atomic E-state index is 13.6. The lowest BCUT2D eigenvalue weighted by Crippen LogP contribution is -2.46. The van der Waals surface area contributed by atoms with Gasteiger partial charge in [-0.3, -0.25) is 9.80 Å². The van der Waals surface area contributed by atoms with Gasteiger partial charge in [-0.2, -0.15) is 0 Å². The summed E-state index contributed by atoms with van der Waals surface area (Å²) >= 11 is 0. The third-order valence-corrected chi connectivity index (χ3v) is 9.69. The fraction of sp³-hybridized carbons (Fsp3) is 0.406. The Hall–Kier alpha value is -3.08. The molecular formula is C32H38N2O6S. The van der Waals surface area contributed by atoms with E-state index in [2.05, 4.69) is 17.0 Å². The number of para-hydroxylation sites is 1. The van der Waals surface area contributed by atoms with E-state index >= 15 is 0 Å². The Morgan fingerprint density at radius 1 is 0.927 bits per heavy atom. The van der Waals surface area contributed by atoms with Gasteiger partial charge in [0.15, 0.2) is 9.84 Å². The highest BCUT2D eigenvalue weighted by molar-refractivity contribution is 7.91. The third-order valence-electron chi connectivity index (χ3n) is 7.91. The number of piperidine rings is 1. The predicted molar refractivity (Wildman–Crippen MR) is 157 cm³/mol. The standard InChI is InChI=1S/C32H38N2O6S/c35-30-24-33(14-13-26(30)21-25-7-3-1-4-8-25)17-20-41(37,38)31-12-11-27(32(36)40-29-9-5-2-6-10-29)22-28(31)23-34-15-18-39-19-16-34/h1-12,22,26,30,35H,13-21,23-24H2/t26-,30-/m1/s1. The average Bonchev–Trinajstić information content (AvgIpc) is 2.99. The molecule has 8 nitrogen and oxygen atoms in total. The first-order valence-corrected chi connectivity index (χ1v) is 15.9. The SMILES string of the molecule is O=C(Oc1ccccc1)c1ccc(S(=O)(=O)CCN2CC[C@H](Cc3ccccc3)[C@H](O)C2)c(CN2CCOCC2)c1. The number of aliphatic hydroxyl groups is 1. The molecular weight excluding hydrogens is 540 g/mol. The van der Waals surface area contributed by atoms with Crippen LogP contribution in [0.2, 0.25) is 0 Å². The maximum atomic E-state index is 13.6. The van der Waals surface area contributed by atoms with Crippen LogP contribution in [0.15, 0.2) is 83.8 Å². The maximum Gasteiger partial charge on any atom is 0.343 e. The summed E-state index contributed by atoms with van der Waals surface area (Å²) in [6.45, 7) is 4.48. The molecule has 1 N–H and O–H groups in total. The van der Waals surface area contributed by atoms with E-state index in [0.717, 1.165) is 19.4 Å². The summed E-state index contributed by atoms with van der Waals surface area (Å²) in [5.41, 5.74) is 2.09. The van der Waals surface area contributed by atoms with Crippen LogP contribution in [-0.4, -0.2) is 87.1 Å². The number of benzene rings is 3. The van der Waals surface area contributed by atoms with Gasteiger partial charge in [0.05, 0.1) is 35.5 Å². The lowest BCUT2D eigenvalue weighted by molar-refractivity contribution is 0.0245. The van der Waals surface area contributed by atoms with Crippen molar-refractivity contribution >= 4 is 15.8 Å². The van der Waals surface area contributed by atoms with Gasteiger partial charge in [0.25, 0.3) is 0 Å². The molecule has 0 unspecified atom stereocenters. The zero-order chi connectivity index (χ0) is 28.7. The van der Waals surface area contributed by atoms with E-state index in [1.54, 1.807) is 30.3 Å². The zero-order valence-corrected chi connectivity index (χ0v) is 24.0. The summed E-state index contributed by atoms with van der Waals surface area (Å²) in [7, 11) is -3.66. The number of rotatable bonds is 10. The molecule has 0 aromatic heterocycles. The lowest BCUT2D eigenvalue weighted by atomic mass is 9.88. The third kappa shape index (κ3) is 8.02. The van der Waals surface area contributed by atoms with E-state index in [1.165, 1.54) is 17.7 Å². The van der Waals surface area contributed by atoms with Crippen LogP contribution in [0.1, 0.15) is 27.9 Å². The largest absolute Gasteiger partial charge is 0.423 e. The van der Waals surface area contributed by atoms with E-state index in [0.29, 0.717) is 62.8 Å². The molecule has 5 rings (SSSR count). The molecule has 2 aliphatic rings. The molecule has 3 aromatic rings. The van der Waals surface area contributed by atoms with Crippen molar-refractivity contribution in [1.82, 2.24) is 9.80 Å². The van der Waals surface area contributed by atoms with E-state index in [-0.39, 0.29) is 16.6 Å². The Morgan fingerprint density at radius 3 is 2.34 bits per heavy atom. The van der Waals surface area contributed by atoms with Crippen LogP contribution in [0, 0.1) is 5.92 Å². The monoisotopic (exact) mass is 578 g/mol. The molecule has 2 fully saturated rings. The minimum atomic E-state index is -3.66. The first kappa shape index (κ1) is 29.4. The van der Waals surface area contributed by atoms with Gasteiger partial charge in [0.1, 0.15) is 5.75 Å². The van der Waals surface area contributed by atoms with Crippen LogP contribution in [0.4, 0.5) is 0 Å². The topological polar surface area (TPSA) is 96.4 Å². The van der Waals surface area contributed by atoms with Crippen molar-refractivity contribution < 1.29 is 27.8 Å². The number of sulfone groups is 1. The van der Waals surface area contributed by atoms with Crippen molar-refractivity contribution in [1.29, 1.82) is 0 Å². The summed E-state index contributed by atoms with van der Waals surface area (Å²) < 4.78 is 38.3. The minimum Gasteiger partial charge on any atom is -0.423 e. The van der Waals surface area contributed by atoms with E-state index in [9.17, 15) is 18.3 Å². The number of nitrogens with zero attached hydrogens (tertiary/aromatic N) is 2. The van der Waals surface area contributed by atoms with Gasteiger partial charge >= 0.3 is 5.97 Å². The Balaban J connectivity index is 1.26. The molecule has 3 aromatic carbocycles. The van der Waals surface area contributed by atoms with E-state index in [1.807, 2.05) is 29.2 Å². The number of carbonyl (C=O) groups is 1. The summed E-state index contributed by atoms with van der Waals surface area (Å²) in [6, 6.07) is 23.7. The van der Waals surface area contributed by atoms with Crippen LogP contribution in [0.3, 0.4) is 0 Å². The number of carbonyl (C=O) groups excluding carboxylic acids is 1. The quantitative estimate of drug-likeness (QED) is 0.289. The number of aliphatic hydroxyl groups excluding tert-OH is 1. The van der Waals surface area contributed by atoms with Gasteiger partial charge in [-0.25, -0.2) is 13.2 Å². The summed E-state index contributed by atoms with van der Waals surface area (Å²) in [6.07, 6.45) is 1.13. The van der Waals surface area contributed by atoms with Crippen LogP contribution < -0.4 is 4.74 Å². The van der Waals surface area contributed by atoms with E-state index < -0.39 is 21.9 Å². The molecule has 9 heteroatoms. The van der Waals surface area contributed by atoms with Gasteiger partial charge in [-0.1, -0.05) is 48.5 Å². The average molecular weight is 579 g/mol.